The van der Waals surface area contributed by atoms with E-state index in [0.29, 0.717) is 16.8 Å². The van der Waals surface area contributed by atoms with E-state index in [1.54, 1.807) is 38.1 Å². The summed E-state index contributed by atoms with van der Waals surface area (Å²) in [5.41, 5.74) is 4.87. The van der Waals surface area contributed by atoms with Crippen molar-refractivity contribution in [2.24, 2.45) is 0 Å². The van der Waals surface area contributed by atoms with E-state index in [9.17, 15) is 13.2 Å². The molecule has 0 aliphatic rings. The first-order valence-electron chi connectivity index (χ1n) is 9.62. The Kier molecular flexibility index (Phi) is 6.27. The lowest BCUT2D eigenvalue weighted by Gasteiger charge is -2.15. The van der Waals surface area contributed by atoms with Crippen LogP contribution in [0.25, 0.3) is 0 Å². The van der Waals surface area contributed by atoms with Gasteiger partial charge in [-0.2, -0.15) is 8.42 Å². The van der Waals surface area contributed by atoms with Crippen molar-refractivity contribution in [1.29, 1.82) is 0 Å². The van der Waals surface area contributed by atoms with Gasteiger partial charge in [0.2, 0.25) is 5.91 Å². The number of aryl methyl sites for hydroxylation is 4. The van der Waals surface area contributed by atoms with Gasteiger partial charge in [-0.05, 0) is 68.7 Å². The predicted molar refractivity (Wildman–Crippen MR) is 118 cm³/mol. The Hall–Kier alpha value is -3.12. The van der Waals surface area contributed by atoms with E-state index in [0.717, 1.165) is 16.7 Å². The monoisotopic (exact) mass is 423 g/mol. The maximum absolute atomic E-state index is 12.6. The number of hydrogen-bond donors (Lipinski definition) is 1. The van der Waals surface area contributed by atoms with Gasteiger partial charge in [-0.25, -0.2) is 0 Å². The van der Waals surface area contributed by atoms with Gasteiger partial charge < -0.3 is 9.50 Å². The van der Waals surface area contributed by atoms with E-state index in [-0.39, 0.29) is 23.0 Å². The van der Waals surface area contributed by atoms with E-state index in [2.05, 4.69) is 5.32 Å². The highest BCUT2D eigenvalue weighted by Gasteiger charge is 2.20. The summed E-state index contributed by atoms with van der Waals surface area (Å²) in [6.45, 7) is 7.39. The molecule has 3 aromatic rings. The Bertz CT molecular complexity index is 1140. The molecule has 0 heterocycles. The number of hydrogen-bond acceptors (Lipinski definition) is 4. The quantitative estimate of drug-likeness (QED) is 0.574. The summed E-state index contributed by atoms with van der Waals surface area (Å²) >= 11 is 0. The van der Waals surface area contributed by atoms with Crippen LogP contribution >= 0.6 is 0 Å². The smallest absolute Gasteiger partial charge is 0.339 e. The summed E-state index contributed by atoms with van der Waals surface area (Å²) < 4.78 is 30.6. The summed E-state index contributed by atoms with van der Waals surface area (Å²) in [4.78, 5) is 12.5. The van der Waals surface area contributed by atoms with Gasteiger partial charge in [-0.1, -0.05) is 47.5 Å². The average Bonchev–Trinajstić information content (AvgIpc) is 2.67. The van der Waals surface area contributed by atoms with Crippen LogP contribution in [0, 0.1) is 27.7 Å². The molecule has 0 unspecified atom stereocenters. The van der Waals surface area contributed by atoms with Crippen LogP contribution in [0.2, 0.25) is 0 Å². The second kappa shape index (κ2) is 8.71. The van der Waals surface area contributed by atoms with Crippen molar-refractivity contribution in [2.45, 2.75) is 39.0 Å². The molecule has 6 heteroatoms. The number of rotatable bonds is 6. The molecule has 0 spiro atoms. The highest BCUT2D eigenvalue weighted by molar-refractivity contribution is 7.87. The number of anilines is 1. The Morgan fingerprint density at radius 2 is 1.33 bits per heavy atom. The van der Waals surface area contributed by atoms with Gasteiger partial charge in [0, 0.05) is 5.69 Å². The summed E-state index contributed by atoms with van der Waals surface area (Å²) in [5, 5.41) is 2.87. The van der Waals surface area contributed by atoms with Crippen LogP contribution in [0.15, 0.2) is 65.6 Å². The summed E-state index contributed by atoms with van der Waals surface area (Å²) in [6.07, 6.45) is 0.262. The molecule has 5 nitrogen and oxygen atoms in total. The fourth-order valence-electron chi connectivity index (χ4n) is 3.11. The maximum Gasteiger partial charge on any atom is 0.339 e. The Morgan fingerprint density at radius 1 is 0.833 bits per heavy atom. The van der Waals surface area contributed by atoms with Crippen molar-refractivity contribution in [3.63, 3.8) is 0 Å². The number of benzene rings is 3. The van der Waals surface area contributed by atoms with Gasteiger partial charge in [0.15, 0.2) is 0 Å². The molecule has 0 radical (unpaired) electrons. The van der Waals surface area contributed by atoms with E-state index in [4.69, 9.17) is 4.18 Å². The van der Waals surface area contributed by atoms with E-state index >= 15 is 0 Å². The number of carbonyl (C=O) groups excluding carboxylic acids is 1. The molecule has 0 aromatic heterocycles. The molecule has 1 amide bonds. The largest absolute Gasteiger partial charge is 0.378 e. The lowest BCUT2D eigenvalue weighted by Crippen LogP contribution is -2.15. The molecule has 30 heavy (non-hydrogen) atoms. The topological polar surface area (TPSA) is 72.5 Å². The third kappa shape index (κ3) is 5.27. The molecule has 0 saturated carbocycles. The Morgan fingerprint density at radius 3 is 1.87 bits per heavy atom. The predicted octanol–water partition coefficient (Wildman–Crippen LogP) is 4.87. The standard InChI is InChI=1S/C24H25NO4S/c1-16-5-9-20(10-6-16)15-23(26)25-21-13-18(3)24(19(4)14-21)29-30(27,28)22-11-7-17(2)8-12-22/h5-14H,15H2,1-4H3,(H,25,26). The molecule has 1 N–H and O–H groups in total. The first-order valence-corrected chi connectivity index (χ1v) is 11.0. The van der Waals surface area contributed by atoms with E-state index in [1.165, 1.54) is 12.1 Å². The van der Waals surface area contributed by atoms with Crippen LogP contribution in [0.3, 0.4) is 0 Å². The van der Waals surface area contributed by atoms with E-state index in [1.807, 2.05) is 38.1 Å². The highest BCUT2D eigenvalue weighted by atomic mass is 32.2. The molecule has 0 aliphatic carbocycles. The minimum Gasteiger partial charge on any atom is -0.378 e. The third-order valence-corrected chi connectivity index (χ3v) is 5.97. The minimum absolute atomic E-state index is 0.0994. The minimum atomic E-state index is -3.94. The van der Waals surface area contributed by atoms with Crippen molar-refractivity contribution >= 4 is 21.7 Å². The molecule has 156 valence electrons. The van der Waals surface area contributed by atoms with Crippen molar-refractivity contribution in [2.75, 3.05) is 5.32 Å². The lowest BCUT2D eigenvalue weighted by molar-refractivity contribution is -0.115. The number of carbonyl (C=O) groups is 1. The Labute approximate surface area is 177 Å². The van der Waals surface area contributed by atoms with Gasteiger partial charge in [-0.3, -0.25) is 4.79 Å². The van der Waals surface area contributed by atoms with Crippen molar-refractivity contribution in [3.05, 3.63) is 88.5 Å². The third-order valence-electron chi connectivity index (χ3n) is 4.73. The van der Waals surface area contributed by atoms with Crippen molar-refractivity contribution in [3.8, 4) is 5.75 Å². The first-order chi connectivity index (χ1) is 14.1. The van der Waals surface area contributed by atoms with E-state index < -0.39 is 10.1 Å². The average molecular weight is 424 g/mol. The lowest BCUT2D eigenvalue weighted by atomic mass is 10.1. The molecular weight excluding hydrogens is 398 g/mol. The van der Waals surface area contributed by atoms with Crippen LogP contribution in [-0.2, 0) is 21.3 Å². The van der Waals surface area contributed by atoms with Gasteiger partial charge in [0.25, 0.3) is 0 Å². The van der Waals surface area contributed by atoms with Gasteiger partial charge in [0.05, 0.1) is 6.42 Å². The molecule has 0 atom stereocenters. The zero-order valence-corrected chi connectivity index (χ0v) is 18.3. The second-order valence-electron chi connectivity index (χ2n) is 7.50. The first kappa shape index (κ1) is 21.6. The van der Waals surface area contributed by atoms with Crippen LogP contribution < -0.4 is 9.50 Å². The van der Waals surface area contributed by atoms with Crippen LogP contribution in [0.5, 0.6) is 5.75 Å². The fourth-order valence-corrected chi connectivity index (χ4v) is 4.16. The van der Waals surface area contributed by atoms with Crippen molar-refractivity contribution < 1.29 is 17.4 Å². The van der Waals surface area contributed by atoms with Crippen LogP contribution in [0.1, 0.15) is 27.8 Å². The molecular formula is C24H25NO4S. The molecule has 3 rings (SSSR count). The maximum atomic E-state index is 12.6. The fraction of sp³-hybridized carbons (Fsp3) is 0.208. The second-order valence-corrected chi connectivity index (χ2v) is 9.05. The van der Waals surface area contributed by atoms with Crippen LogP contribution in [-0.4, -0.2) is 14.3 Å². The Balaban J connectivity index is 1.75. The highest BCUT2D eigenvalue weighted by Crippen LogP contribution is 2.30. The summed E-state index contributed by atoms with van der Waals surface area (Å²) in [6, 6.07) is 17.7. The summed E-state index contributed by atoms with van der Waals surface area (Å²) in [7, 11) is -3.94. The number of nitrogens with one attached hydrogen (secondary N) is 1. The van der Waals surface area contributed by atoms with Crippen molar-refractivity contribution in [1.82, 2.24) is 0 Å². The normalized spacial score (nSPS) is 11.2. The van der Waals surface area contributed by atoms with Gasteiger partial charge in [0.1, 0.15) is 10.6 Å². The zero-order chi connectivity index (χ0) is 21.9. The van der Waals surface area contributed by atoms with Gasteiger partial charge >= 0.3 is 10.1 Å². The molecule has 0 bridgehead atoms. The molecule has 3 aromatic carbocycles. The summed E-state index contributed by atoms with van der Waals surface area (Å²) in [5.74, 6) is 0.130. The van der Waals surface area contributed by atoms with Crippen LogP contribution in [0.4, 0.5) is 5.69 Å². The SMILES string of the molecule is Cc1ccc(CC(=O)Nc2cc(C)c(OS(=O)(=O)c3ccc(C)cc3)c(C)c2)cc1. The molecule has 0 saturated heterocycles. The van der Waals surface area contributed by atoms with Gasteiger partial charge in [-0.15, -0.1) is 0 Å². The number of amides is 1. The molecule has 0 aliphatic heterocycles. The zero-order valence-electron chi connectivity index (χ0n) is 17.5. The molecule has 0 fully saturated rings.